The molecule has 0 spiro atoms. The first kappa shape index (κ1) is 14.3. The lowest BCUT2D eigenvalue weighted by Crippen LogP contribution is -2.30. The first-order valence-electron chi connectivity index (χ1n) is 6.77. The second kappa shape index (κ2) is 5.88. The molecule has 0 saturated heterocycles. The normalized spacial score (nSPS) is 14.6. The fourth-order valence-corrected chi connectivity index (χ4v) is 3.53. The summed E-state index contributed by atoms with van der Waals surface area (Å²) in [6.07, 6.45) is 3.19. The third-order valence-corrected chi connectivity index (χ3v) is 4.38. The van der Waals surface area contributed by atoms with Crippen LogP contribution in [0.3, 0.4) is 0 Å². The summed E-state index contributed by atoms with van der Waals surface area (Å²) in [7, 11) is 1.97. The highest BCUT2D eigenvalue weighted by Crippen LogP contribution is 2.19. The molecule has 0 aliphatic carbocycles. The number of nitrogens with zero attached hydrogens (tertiary/aromatic N) is 2. The summed E-state index contributed by atoms with van der Waals surface area (Å²) in [6, 6.07) is 5.23. The molecule has 2 atom stereocenters. The zero-order valence-electron chi connectivity index (χ0n) is 12.4. The third-order valence-electron chi connectivity index (χ3n) is 3.36. The Morgan fingerprint density at radius 2 is 2.05 bits per heavy atom. The molecule has 0 aromatic carbocycles. The van der Waals surface area contributed by atoms with Crippen molar-refractivity contribution in [2.24, 2.45) is 7.05 Å². The van der Waals surface area contributed by atoms with Gasteiger partial charge >= 0.3 is 0 Å². The zero-order valence-corrected chi connectivity index (χ0v) is 13.2. The molecular weight excluding hydrogens is 254 g/mol. The fraction of sp³-hybridized carbons (Fsp3) is 0.533. The van der Waals surface area contributed by atoms with Gasteiger partial charge in [0.15, 0.2) is 0 Å². The van der Waals surface area contributed by atoms with Crippen LogP contribution in [0.4, 0.5) is 0 Å². The molecule has 0 bridgehead atoms. The average Bonchev–Trinajstić information content (AvgIpc) is 2.84. The Balaban J connectivity index is 1.95. The Kier molecular flexibility index (Phi) is 4.42. The van der Waals surface area contributed by atoms with Gasteiger partial charge < -0.3 is 5.32 Å². The van der Waals surface area contributed by atoms with E-state index in [4.69, 9.17) is 0 Å². The Labute approximate surface area is 119 Å². The number of aryl methyl sites for hydroxylation is 3. The lowest BCUT2D eigenvalue weighted by molar-refractivity contribution is 0.478. The van der Waals surface area contributed by atoms with E-state index in [0.717, 1.165) is 12.1 Å². The maximum absolute atomic E-state index is 4.41. The minimum absolute atomic E-state index is 0.338. The van der Waals surface area contributed by atoms with E-state index in [1.807, 2.05) is 23.1 Å². The van der Waals surface area contributed by atoms with Crippen LogP contribution in [0.2, 0.25) is 0 Å². The van der Waals surface area contributed by atoms with Crippen LogP contribution in [0.1, 0.15) is 40.9 Å². The molecule has 3 nitrogen and oxygen atoms in total. The summed E-state index contributed by atoms with van der Waals surface area (Å²) in [5.41, 5.74) is 2.40. The molecule has 104 valence electrons. The van der Waals surface area contributed by atoms with Crippen molar-refractivity contribution in [2.45, 2.75) is 46.2 Å². The Morgan fingerprint density at radius 1 is 1.32 bits per heavy atom. The lowest BCUT2D eigenvalue weighted by atomic mass is 10.1. The van der Waals surface area contributed by atoms with Gasteiger partial charge in [0.2, 0.25) is 0 Å². The summed E-state index contributed by atoms with van der Waals surface area (Å²) in [5.74, 6) is 0. The van der Waals surface area contributed by atoms with Gasteiger partial charge in [0, 0.05) is 40.6 Å². The van der Waals surface area contributed by atoms with Gasteiger partial charge in [0.05, 0.1) is 5.69 Å². The zero-order chi connectivity index (χ0) is 14.0. The van der Waals surface area contributed by atoms with Crippen LogP contribution in [0.15, 0.2) is 18.3 Å². The number of thiophene rings is 1. The summed E-state index contributed by atoms with van der Waals surface area (Å²) in [6.45, 7) is 8.69. The maximum atomic E-state index is 4.41. The molecule has 2 rings (SSSR count). The Bertz CT molecular complexity index is 541. The van der Waals surface area contributed by atoms with Crippen molar-refractivity contribution >= 4 is 11.3 Å². The predicted octanol–water partition coefficient (Wildman–Crippen LogP) is 3.38. The summed E-state index contributed by atoms with van der Waals surface area (Å²) in [5, 5.41) is 8.07. The molecule has 0 fully saturated rings. The SMILES string of the molecule is Cc1ccc(CC(C)NC(C)c2cn(C)nc2C)s1. The van der Waals surface area contributed by atoms with E-state index in [0.29, 0.717) is 12.1 Å². The molecule has 0 aliphatic heterocycles. The first-order chi connectivity index (χ1) is 8.95. The van der Waals surface area contributed by atoms with E-state index in [9.17, 15) is 0 Å². The monoisotopic (exact) mass is 277 g/mol. The summed E-state index contributed by atoms with van der Waals surface area (Å²) in [4.78, 5) is 2.84. The van der Waals surface area contributed by atoms with Crippen LogP contribution in [0.25, 0.3) is 0 Å². The lowest BCUT2D eigenvalue weighted by Gasteiger charge is -2.19. The van der Waals surface area contributed by atoms with E-state index in [2.05, 4.69) is 56.4 Å². The molecule has 1 N–H and O–H groups in total. The molecule has 2 heterocycles. The van der Waals surface area contributed by atoms with E-state index in [1.165, 1.54) is 15.3 Å². The number of hydrogen-bond donors (Lipinski definition) is 1. The maximum Gasteiger partial charge on any atom is 0.0641 e. The predicted molar refractivity (Wildman–Crippen MR) is 81.7 cm³/mol. The van der Waals surface area contributed by atoms with Crippen molar-refractivity contribution in [3.05, 3.63) is 39.3 Å². The highest BCUT2D eigenvalue weighted by atomic mass is 32.1. The molecule has 0 amide bonds. The van der Waals surface area contributed by atoms with Gasteiger partial charge in [-0.15, -0.1) is 11.3 Å². The van der Waals surface area contributed by atoms with E-state index in [-0.39, 0.29) is 0 Å². The van der Waals surface area contributed by atoms with Crippen molar-refractivity contribution in [2.75, 3.05) is 0 Å². The first-order valence-corrected chi connectivity index (χ1v) is 7.59. The van der Waals surface area contributed by atoms with Crippen LogP contribution in [0, 0.1) is 13.8 Å². The molecule has 2 aromatic rings. The second-order valence-corrected chi connectivity index (χ2v) is 6.72. The molecular formula is C15H23N3S. The van der Waals surface area contributed by atoms with Crippen molar-refractivity contribution in [1.29, 1.82) is 0 Å². The molecule has 19 heavy (non-hydrogen) atoms. The van der Waals surface area contributed by atoms with Gasteiger partial charge in [-0.25, -0.2) is 0 Å². The second-order valence-electron chi connectivity index (χ2n) is 5.35. The fourth-order valence-electron chi connectivity index (χ4n) is 2.52. The summed E-state index contributed by atoms with van der Waals surface area (Å²) >= 11 is 1.89. The van der Waals surface area contributed by atoms with Gasteiger partial charge in [-0.1, -0.05) is 0 Å². The summed E-state index contributed by atoms with van der Waals surface area (Å²) < 4.78 is 1.89. The van der Waals surface area contributed by atoms with E-state index in [1.54, 1.807) is 0 Å². The van der Waals surface area contributed by atoms with Gasteiger partial charge in [-0.2, -0.15) is 5.10 Å². The molecule has 0 aliphatic rings. The third kappa shape index (κ3) is 3.67. The van der Waals surface area contributed by atoms with Gasteiger partial charge in [0.1, 0.15) is 0 Å². The molecule has 2 unspecified atom stereocenters. The van der Waals surface area contributed by atoms with Crippen molar-refractivity contribution in [3.63, 3.8) is 0 Å². The standard InChI is InChI=1S/C15H23N3S/c1-10(8-14-7-6-11(2)19-14)16-12(3)15-9-18(5)17-13(15)4/h6-7,9-10,12,16H,8H2,1-5H3. The van der Waals surface area contributed by atoms with Crippen molar-refractivity contribution in [3.8, 4) is 0 Å². The van der Waals surface area contributed by atoms with Gasteiger partial charge in [0.25, 0.3) is 0 Å². The number of hydrogen-bond acceptors (Lipinski definition) is 3. The smallest absolute Gasteiger partial charge is 0.0641 e. The average molecular weight is 277 g/mol. The minimum Gasteiger partial charge on any atom is -0.307 e. The quantitative estimate of drug-likeness (QED) is 0.908. The molecule has 0 saturated carbocycles. The van der Waals surface area contributed by atoms with Crippen molar-refractivity contribution < 1.29 is 0 Å². The highest BCUT2D eigenvalue weighted by molar-refractivity contribution is 7.11. The van der Waals surface area contributed by atoms with Crippen molar-refractivity contribution in [1.82, 2.24) is 15.1 Å². The number of nitrogens with one attached hydrogen (secondary N) is 1. The van der Waals surface area contributed by atoms with E-state index >= 15 is 0 Å². The van der Waals surface area contributed by atoms with Crippen LogP contribution in [-0.4, -0.2) is 15.8 Å². The number of rotatable bonds is 5. The van der Waals surface area contributed by atoms with Crippen LogP contribution in [-0.2, 0) is 13.5 Å². The Morgan fingerprint density at radius 3 is 2.58 bits per heavy atom. The van der Waals surface area contributed by atoms with E-state index < -0.39 is 0 Å². The number of aromatic nitrogens is 2. The Hall–Kier alpha value is -1.13. The topological polar surface area (TPSA) is 29.9 Å². The molecule has 2 aromatic heterocycles. The highest BCUT2D eigenvalue weighted by Gasteiger charge is 2.14. The molecule has 0 radical (unpaired) electrons. The molecule has 4 heteroatoms. The van der Waals surface area contributed by atoms with Gasteiger partial charge in [-0.05, 0) is 46.2 Å². The largest absolute Gasteiger partial charge is 0.307 e. The van der Waals surface area contributed by atoms with Crippen LogP contribution in [0.5, 0.6) is 0 Å². The van der Waals surface area contributed by atoms with Gasteiger partial charge in [-0.3, -0.25) is 4.68 Å². The van der Waals surface area contributed by atoms with Crippen LogP contribution < -0.4 is 5.32 Å². The van der Waals surface area contributed by atoms with Crippen LogP contribution >= 0.6 is 11.3 Å². The minimum atomic E-state index is 0.338.